The number of carbonyl (C=O) groups excluding carboxylic acids is 1. The van der Waals surface area contributed by atoms with E-state index in [1.54, 1.807) is 0 Å². The van der Waals surface area contributed by atoms with E-state index in [2.05, 4.69) is 24.3 Å². The normalized spacial score (nSPS) is 16.3. The lowest BCUT2D eigenvalue weighted by Gasteiger charge is -2.32. The van der Waals surface area contributed by atoms with Gasteiger partial charge in [0.1, 0.15) is 0 Å². The minimum atomic E-state index is 0.0747. The molecule has 0 radical (unpaired) electrons. The van der Waals surface area contributed by atoms with Gasteiger partial charge in [-0.1, -0.05) is 42.5 Å². The SMILES string of the molecule is NC(=S)CC(=O)N1CCC(Cc2ccccc2)CC1. The predicted octanol–water partition coefficient (Wildman–Crippen LogP) is 2.14. The van der Waals surface area contributed by atoms with Gasteiger partial charge in [-0.15, -0.1) is 0 Å². The van der Waals surface area contributed by atoms with Gasteiger partial charge in [-0.25, -0.2) is 0 Å². The van der Waals surface area contributed by atoms with Crippen LogP contribution < -0.4 is 5.73 Å². The molecule has 1 aliphatic rings. The zero-order chi connectivity index (χ0) is 13.7. The Morgan fingerprint density at radius 3 is 2.47 bits per heavy atom. The summed E-state index contributed by atoms with van der Waals surface area (Å²) >= 11 is 4.78. The molecule has 0 aliphatic carbocycles. The Hall–Kier alpha value is -1.42. The summed E-state index contributed by atoms with van der Waals surface area (Å²) in [7, 11) is 0. The molecule has 1 fully saturated rings. The molecule has 1 aromatic rings. The molecule has 1 aliphatic heterocycles. The first-order valence-electron chi connectivity index (χ1n) is 6.75. The zero-order valence-corrected chi connectivity index (χ0v) is 11.9. The predicted molar refractivity (Wildman–Crippen MR) is 80.9 cm³/mol. The van der Waals surface area contributed by atoms with Crippen LogP contribution in [0, 0.1) is 5.92 Å². The number of amides is 1. The number of benzene rings is 1. The van der Waals surface area contributed by atoms with E-state index in [9.17, 15) is 4.79 Å². The Morgan fingerprint density at radius 2 is 1.89 bits per heavy atom. The van der Waals surface area contributed by atoms with Crippen molar-refractivity contribution in [1.29, 1.82) is 0 Å². The van der Waals surface area contributed by atoms with Crippen molar-refractivity contribution in [2.75, 3.05) is 13.1 Å². The van der Waals surface area contributed by atoms with Crippen LogP contribution in [0.25, 0.3) is 0 Å². The van der Waals surface area contributed by atoms with Crippen LogP contribution in [0.2, 0.25) is 0 Å². The number of nitrogens with two attached hydrogens (primary N) is 1. The van der Waals surface area contributed by atoms with Gasteiger partial charge < -0.3 is 10.6 Å². The van der Waals surface area contributed by atoms with Crippen LogP contribution in [-0.4, -0.2) is 28.9 Å². The second kappa shape index (κ2) is 6.66. The maximum absolute atomic E-state index is 11.8. The van der Waals surface area contributed by atoms with Gasteiger partial charge in [-0.2, -0.15) is 0 Å². The Bertz CT molecular complexity index is 439. The van der Waals surface area contributed by atoms with Crippen molar-refractivity contribution >= 4 is 23.1 Å². The second-order valence-electron chi connectivity index (χ2n) is 5.16. The number of rotatable bonds is 4. The summed E-state index contributed by atoms with van der Waals surface area (Å²) < 4.78 is 0. The van der Waals surface area contributed by atoms with Gasteiger partial charge in [0.2, 0.25) is 5.91 Å². The van der Waals surface area contributed by atoms with Crippen LogP contribution in [0.3, 0.4) is 0 Å². The molecule has 1 aromatic carbocycles. The van der Waals surface area contributed by atoms with Crippen LogP contribution in [0.4, 0.5) is 0 Å². The van der Waals surface area contributed by atoms with Crippen LogP contribution in [0.1, 0.15) is 24.8 Å². The summed E-state index contributed by atoms with van der Waals surface area (Å²) in [5.74, 6) is 0.752. The third-order valence-electron chi connectivity index (χ3n) is 3.66. The zero-order valence-electron chi connectivity index (χ0n) is 11.0. The molecule has 0 aromatic heterocycles. The smallest absolute Gasteiger partial charge is 0.229 e. The van der Waals surface area contributed by atoms with Gasteiger partial charge >= 0.3 is 0 Å². The molecular formula is C15H20N2OS. The Labute approximate surface area is 119 Å². The molecule has 19 heavy (non-hydrogen) atoms. The second-order valence-corrected chi connectivity index (χ2v) is 5.68. The molecule has 0 unspecified atom stereocenters. The number of carbonyl (C=O) groups is 1. The highest BCUT2D eigenvalue weighted by Crippen LogP contribution is 2.21. The molecule has 0 saturated carbocycles. The van der Waals surface area contributed by atoms with Crippen molar-refractivity contribution in [2.24, 2.45) is 11.7 Å². The van der Waals surface area contributed by atoms with Gasteiger partial charge in [0, 0.05) is 13.1 Å². The van der Waals surface area contributed by atoms with Crippen molar-refractivity contribution in [2.45, 2.75) is 25.7 Å². The summed E-state index contributed by atoms with van der Waals surface area (Å²) in [6.07, 6.45) is 3.45. The molecule has 3 nitrogen and oxygen atoms in total. The van der Waals surface area contributed by atoms with Gasteiger partial charge in [-0.3, -0.25) is 4.79 Å². The van der Waals surface area contributed by atoms with Crippen LogP contribution in [-0.2, 0) is 11.2 Å². The highest BCUT2D eigenvalue weighted by Gasteiger charge is 2.22. The maximum atomic E-state index is 11.8. The van der Waals surface area contributed by atoms with E-state index in [1.807, 2.05) is 11.0 Å². The molecule has 0 spiro atoms. The van der Waals surface area contributed by atoms with E-state index < -0.39 is 0 Å². The summed E-state index contributed by atoms with van der Waals surface area (Å²) in [6, 6.07) is 10.5. The van der Waals surface area contributed by atoms with E-state index in [4.69, 9.17) is 18.0 Å². The number of piperidine rings is 1. The Morgan fingerprint density at radius 1 is 1.26 bits per heavy atom. The van der Waals surface area contributed by atoms with E-state index in [0.29, 0.717) is 5.92 Å². The van der Waals surface area contributed by atoms with Gasteiger partial charge in [-0.05, 0) is 30.7 Å². The van der Waals surface area contributed by atoms with E-state index in [-0.39, 0.29) is 17.3 Å². The highest BCUT2D eigenvalue weighted by atomic mass is 32.1. The fraction of sp³-hybridized carbons (Fsp3) is 0.467. The molecule has 2 rings (SSSR count). The highest BCUT2D eigenvalue weighted by molar-refractivity contribution is 7.80. The third kappa shape index (κ3) is 4.31. The Balaban J connectivity index is 1.79. The maximum Gasteiger partial charge on any atom is 0.229 e. The lowest BCUT2D eigenvalue weighted by atomic mass is 9.90. The average molecular weight is 276 g/mol. The number of thiocarbonyl (C=S) groups is 1. The number of nitrogens with zero attached hydrogens (tertiary/aromatic N) is 1. The van der Waals surface area contributed by atoms with E-state index >= 15 is 0 Å². The van der Waals surface area contributed by atoms with Crippen LogP contribution >= 0.6 is 12.2 Å². The van der Waals surface area contributed by atoms with E-state index in [0.717, 1.165) is 32.4 Å². The lowest BCUT2D eigenvalue weighted by molar-refractivity contribution is -0.131. The minimum Gasteiger partial charge on any atom is -0.393 e. The number of hydrogen-bond donors (Lipinski definition) is 1. The monoisotopic (exact) mass is 276 g/mol. The molecular weight excluding hydrogens is 256 g/mol. The topological polar surface area (TPSA) is 46.3 Å². The molecule has 1 heterocycles. The molecule has 1 amide bonds. The largest absolute Gasteiger partial charge is 0.393 e. The quantitative estimate of drug-likeness (QED) is 0.857. The first-order valence-corrected chi connectivity index (χ1v) is 7.16. The van der Waals surface area contributed by atoms with Gasteiger partial charge in [0.15, 0.2) is 0 Å². The summed E-state index contributed by atoms with van der Waals surface area (Å²) in [5.41, 5.74) is 6.80. The molecule has 0 atom stereocenters. The molecule has 2 N–H and O–H groups in total. The van der Waals surface area contributed by atoms with Crippen molar-refractivity contribution in [3.8, 4) is 0 Å². The molecule has 1 saturated heterocycles. The lowest BCUT2D eigenvalue weighted by Crippen LogP contribution is -2.40. The van der Waals surface area contributed by atoms with Crippen molar-refractivity contribution in [1.82, 2.24) is 4.90 Å². The fourth-order valence-corrected chi connectivity index (χ4v) is 2.72. The molecule has 102 valence electrons. The molecule has 4 heteroatoms. The van der Waals surface area contributed by atoms with Crippen LogP contribution in [0.15, 0.2) is 30.3 Å². The van der Waals surface area contributed by atoms with Crippen LogP contribution in [0.5, 0.6) is 0 Å². The van der Waals surface area contributed by atoms with Crippen molar-refractivity contribution in [3.63, 3.8) is 0 Å². The fourth-order valence-electron chi connectivity index (χ4n) is 2.59. The van der Waals surface area contributed by atoms with Crippen molar-refractivity contribution < 1.29 is 4.79 Å². The van der Waals surface area contributed by atoms with E-state index in [1.165, 1.54) is 5.56 Å². The van der Waals surface area contributed by atoms with Gasteiger partial charge in [0.05, 0.1) is 11.4 Å². The number of hydrogen-bond acceptors (Lipinski definition) is 2. The third-order valence-corrected chi connectivity index (χ3v) is 3.80. The summed E-state index contributed by atoms with van der Waals surface area (Å²) in [6.45, 7) is 1.66. The standard InChI is InChI=1S/C15H20N2OS/c16-14(19)11-15(18)17-8-6-13(7-9-17)10-12-4-2-1-3-5-12/h1-5,13H,6-11H2,(H2,16,19). The first-order chi connectivity index (χ1) is 9.15. The summed E-state index contributed by atoms with van der Waals surface area (Å²) in [5, 5.41) is 0. The average Bonchev–Trinajstić information content (AvgIpc) is 2.40. The Kier molecular flexibility index (Phi) is 4.91. The summed E-state index contributed by atoms with van der Waals surface area (Å²) in [4.78, 5) is 14.0. The number of likely N-dealkylation sites (tertiary alicyclic amines) is 1. The first kappa shape index (κ1) is 14.0. The van der Waals surface area contributed by atoms with Gasteiger partial charge in [0.25, 0.3) is 0 Å². The minimum absolute atomic E-state index is 0.0747. The molecule has 0 bridgehead atoms. The van der Waals surface area contributed by atoms with Crippen molar-refractivity contribution in [3.05, 3.63) is 35.9 Å².